The minimum atomic E-state index is -0.999. The van der Waals surface area contributed by atoms with E-state index in [-0.39, 0.29) is 11.8 Å². The molecule has 3 unspecified atom stereocenters. The Morgan fingerprint density at radius 2 is 2.00 bits per heavy atom. The van der Waals surface area contributed by atoms with Gasteiger partial charge in [0.1, 0.15) is 0 Å². The molecule has 3 rings (SSSR count). The van der Waals surface area contributed by atoms with E-state index in [9.17, 15) is 14.7 Å². The molecule has 2 aliphatic carbocycles. The zero-order valence-corrected chi connectivity index (χ0v) is 12.4. The SMILES string of the molecule is Cc1cccc(C(NC(=O)C2CC2C2CC2)C(=O)O)c1C. The number of benzene rings is 1. The fraction of sp³-hybridized carbons (Fsp3) is 0.529. The summed E-state index contributed by atoms with van der Waals surface area (Å²) in [5.41, 5.74) is 2.65. The third kappa shape index (κ3) is 2.80. The fourth-order valence-corrected chi connectivity index (χ4v) is 3.17. The van der Waals surface area contributed by atoms with E-state index in [2.05, 4.69) is 5.32 Å². The van der Waals surface area contributed by atoms with Crippen LogP contribution in [0.2, 0.25) is 0 Å². The molecule has 0 aromatic heterocycles. The summed E-state index contributed by atoms with van der Waals surface area (Å²) in [6, 6.07) is 4.62. The average Bonchev–Trinajstić information content (AvgIpc) is 3.28. The molecule has 2 N–H and O–H groups in total. The lowest BCUT2D eigenvalue weighted by molar-refractivity contribution is -0.142. The molecule has 0 bridgehead atoms. The summed E-state index contributed by atoms with van der Waals surface area (Å²) < 4.78 is 0. The van der Waals surface area contributed by atoms with Crippen LogP contribution in [-0.2, 0) is 9.59 Å². The lowest BCUT2D eigenvalue weighted by Gasteiger charge is -2.18. The van der Waals surface area contributed by atoms with Crippen molar-refractivity contribution in [2.75, 3.05) is 0 Å². The smallest absolute Gasteiger partial charge is 0.330 e. The predicted octanol–water partition coefficient (Wildman–Crippen LogP) is 2.59. The fourth-order valence-electron chi connectivity index (χ4n) is 3.17. The molecule has 2 fully saturated rings. The molecule has 4 heteroatoms. The topological polar surface area (TPSA) is 66.4 Å². The van der Waals surface area contributed by atoms with E-state index < -0.39 is 12.0 Å². The van der Waals surface area contributed by atoms with E-state index in [4.69, 9.17) is 0 Å². The van der Waals surface area contributed by atoms with Crippen molar-refractivity contribution in [2.24, 2.45) is 17.8 Å². The number of carbonyl (C=O) groups is 2. The van der Waals surface area contributed by atoms with Crippen LogP contribution in [0.1, 0.15) is 42.0 Å². The van der Waals surface area contributed by atoms with Crippen LogP contribution in [0.15, 0.2) is 18.2 Å². The van der Waals surface area contributed by atoms with Crippen molar-refractivity contribution in [1.29, 1.82) is 0 Å². The molecule has 2 saturated carbocycles. The lowest BCUT2D eigenvalue weighted by Crippen LogP contribution is -2.35. The Morgan fingerprint density at radius 3 is 2.62 bits per heavy atom. The van der Waals surface area contributed by atoms with Gasteiger partial charge in [-0.1, -0.05) is 18.2 Å². The molecule has 0 spiro atoms. The highest BCUT2D eigenvalue weighted by Gasteiger charge is 2.51. The maximum Gasteiger partial charge on any atom is 0.330 e. The highest BCUT2D eigenvalue weighted by atomic mass is 16.4. The van der Waals surface area contributed by atoms with Crippen LogP contribution in [0.25, 0.3) is 0 Å². The Bertz CT molecular complexity index is 592. The first-order valence-electron chi connectivity index (χ1n) is 7.58. The van der Waals surface area contributed by atoms with Gasteiger partial charge in [0.05, 0.1) is 0 Å². The first-order chi connectivity index (χ1) is 9.99. The van der Waals surface area contributed by atoms with Crippen molar-refractivity contribution in [3.8, 4) is 0 Å². The van der Waals surface area contributed by atoms with E-state index in [0.29, 0.717) is 17.4 Å². The standard InChI is InChI=1S/C17H21NO3/c1-9-4-3-5-12(10(9)2)15(17(20)21)18-16(19)14-8-13(14)11-6-7-11/h3-5,11,13-15H,6-8H2,1-2H3,(H,18,19)(H,20,21). The molecule has 1 aromatic carbocycles. The maximum atomic E-state index is 12.3. The second-order valence-corrected chi connectivity index (χ2v) is 6.41. The summed E-state index contributed by atoms with van der Waals surface area (Å²) in [7, 11) is 0. The van der Waals surface area contributed by atoms with Crippen molar-refractivity contribution in [3.05, 3.63) is 34.9 Å². The summed E-state index contributed by atoms with van der Waals surface area (Å²) in [5.74, 6) is 0.146. The summed E-state index contributed by atoms with van der Waals surface area (Å²) in [6.45, 7) is 3.85. The summed E-state index contributed by atoms with van der Waals surface area (Å²) in [4.78, 5) is 23.8. The number of aliphatic carboxylic acids is 1. The molecule has 2 aliphatic rings. The second kappa shape index (κ2) is 5.17. The number of carboxylic acids is 1. The predicted molar refractivity (Wildman–Crippen MR) is 78.8 cm³/mol. The number of hydrogen-bond donors (Lipinski definition) is 2. The van der Waals surface area contributed by atoms with E-state index in [1.165, 1.54) is 12.8 Å². The van der Waals surface area contributed by atoms with Crippen molar-refractivity contribution in [3.63, 3.8) is 0 Å². The van der Waals surface area contributed by atoms with E-state index in [0.717, 1.165) is 17.5 Å². The zero-order chi connectivity index (χ0) is 15.1. The number of aryl methyl sites for hydroxylation is 1. The normalized spacial score (nSPS) is 25.2. The maximum absolute atomic E-state index is 12.3. The molecule has 1 amide bonds. The second-order valence-electron chi connectivity index (χ2n) is 6.41. The number of nitrogens with one attached hydrogen (secondary N) is 1. The van der Waals surface area contributed by atoms with Crippen molar-refractivity contribution in [2.45, 2.75) is 39.2 Å². The van der Waals surface area contributed by atoms with Crippen LogP contribution >= 0.6 is 0 Å². The molecule has 0 aliphatic heterocycles. The first-order valence-corrected chi connectivity index (χ1v) is 7.58. The summed E-state index contributed by atoms with van der Waals surface area (Å²) in [6.07, 6.45) is 3.39. The molecule has 1 aromatic rings. The van der Waals surface area contributed by atoms with Gasteiger partial charge in [0, 0.05) is 5.92 Å². The summed E-state index contributed by atoms with van der Waals surface area (Å²) in [5, 5.41) is 12.2. The molecular weight excluding hydrogens is 266 g/mol. The van der Waals surface area contributed by atoms with Gasteiger partial charge in [-0.2, -0.15) is 0 Å². The van der Waals surface area contributed by atoms with Gasteiger partial charge in [-0.25, -0.2) is 4.79 Å². The van der Waals surface area contributed by atoms with E-state index in [1.807, 2.05) is 26.0 Å². The molecule has 0 saturated heterocycles. The number of carbonyl (C=O) groups excluding carboxylic acids is 1. The quantitative estimate of drug-likeness (QED) is 0.874. The molecule has 3 atom stereocenters. The zero-order valence-electron chi connectivity index (χ0n) is 12.4. The summed E-state index contributed by atoms with van der Waals surface area (Å²) >= 11 is 0. The average molecular weight is 287 g/mol. The minimum absolute atomic E-state index is 0.0319. The first kappa shape index (κ1) is 14.1. The molecular formula is C17H21NO3. The molecule has 21 heavy (non-hydrogen) atoms. The molecule has 0 heterocycles. The van der Waals surface area contributed by atoms with Gasteiger partial charge in [-0.05, 0) is 61.6 Å². The Labute approximate surface area is 124 Å². The van der Waals surface area contributed by atoms with Gasteiger partial charge < -0.3 is 10.4 Å². The highest BCUT2D eigenvalue weighted by Crippen LogP contribution is 2.54. The van der Waals surface area contributed by atoms with Crippen LogP contribution in [-0.4, -0.2) is 17.0 Å². The van der Waals surface area contributed by atoms with Crippen LogP contribution in [0, 0.1) is 31.6 Å². The van der Waals surface area contributed by atoms with Gasteiger partial charge in [-0.3, -0.25) is 4.79 Å². The highest BCUT2D eigenvalue weighted by molar-refractivity contribution is 5.87. The number of amides is 1. The van der Waals surface area contributed by atoms with Gasteiger partial charge in [0.15, 0.2) is 6.04 Å². The molecule has 0 radical (unpaired) electrons. The van der Waals surface area contributed by atoms with Gasteiger partial charge in [-0.15, -0.1) is 0 Å². The van der Waals surface area contributed by atoms with Crippen molar-refractivity contribution in [1.82, 2.24) is 5.32 Å². The van der Waals surface area contributed by atoms with Crippen LogP contribution in [0.5, 0.6) is 0 Å². The third-order valence-corrected chi connectivity index (χ3v) is 4.90. The lowest BCUT2D eigenvalue weighted by atomic mass is 9.97. The van der Waals surface area contributed by atoms with Crippen LogP contribution in [0.3, 0.4) is 0 Å². The Morgan fingerprint density at radius 1 is 1.29 bits per heavy atom. The largest absolute Gasteiger partial charge is 0.479 e. The third-order valence-electron chi connectivity index (χ3n) is 4.90. The molecule has 112 valence electrons. The van der Waals surface area contributed by atoms with Gasteiger partial charge >= 0.3 is 5.97 Å². The monoisotopic (exact) mass is 287 g/mol. The van der Waals surface area contributed by atoms with Gasteiger partial charge in [0.2, 0.25) is 5.91 Å². The van der Waals surface area contributed by atoms with Crippen LogP contribution < -0.4 is 5.32 Å². The van der Waals surface area contributed by atoms with Gasteiger partial charge in [0.25, 0.3) is 0 Å². The van der Waals surface area contributed by atoms with E-state index in [1.54, 1.807) is 6.07 Å². The number of rotatable bonds is 5. The number of carboxylic acid groups (broad SMARTS) is 1. The molecule has 4 nitrogen and oxygen atoms in total. The Kier molecular flexibility index (Phi) is 3.47. The Balaban J connectivity index is 1.74. The Hall–Kier alpha value is -1.84. The minimum Gasteiger partial charge on any atom is -0.479 e. The van der Waals surface area contributed by atoms with Crippen LogP contribution in [0.4, 0.5) is 0 Å². The number of hydrogen-bond acceptors (Lipinski definition) is 2. The van der Waals surface area contributed by atoms with Crippen molar-refractivity contribution < 1.29 is 14.7 Å². The van der Waals surface area contributed by atoms with E-state index >= 15 is 0 Å². The van der Waals surface area contributed by atoms with Crippen molar-refractivity contribution >= 4 is 11.9 Å².